The van der Waals surface area contributed by atoms with Crippen molar-refractivity contribution in [1.82, 2.24) is 0 Å². The lowest BCUT2D eigenvalue weighted by molar-refractivity contribution is -0.139. The van der Waals surface area contributed by atoms with Crippen molar-refractivity contribution in [3.63, 3.8) is 0 Å². The van der Waals surface area contributed by atoms with E-state index in [0.29, 0.717) is 17.4 Å². The SMILES string of the molecule is C[C@@]12CC[C@]1(C)CC(CN)(CC(=O)O)C2. The van der Waals surface area contributed by atoms with Crippen molar-refractivity contribution < 1.29 is 9.90 Å². The Labute approximate surface area is 91.0 Å². The van der Waals surface area contributed by atoms with E-state index in [1.165, 1.54) is 12.8 Å². The Bertz CT molecular complexity index is 284. The Morgan fingerprint density at radius 3 is 2.00 bits per heavy atom. The van der Waals surface area contributed by atoms with Gasteiger partial charge in [-0.15, -0.1) is 0 Å². The number of hydrogen-bond acceptors (Lipinski definition) is 2. The van der Waals surface area contributed by atoms with Gasteiger partial charge in [-0.25, -0.2) is 0 Å². The van der Waals surface area contributed by atoms with Crippen LogP contribution in [0.15, 0.2) is 0 Å². The van der Waals surface area contributed by atoms with Crippen LogP contribution < -0.4 is 5.73 Å². The zero-order valence-corrected chi connectivity index (χ0v) is 9.68. The summed E-state index contributed by atoms with van der Waals surface area (Å²) in [6, 6.07) is 0. The van der Waals surface area contributed by atoms with Crippen LogP contribution in [0, 0.1) is 16.2 Å². The molecule has 2 fully saturated rings. The maximum atomic E-state index is 10.9. The average molecular weight is 211 g/mol. The predicted molar refractivity (Wildman–Crippen MR) is 58.4 cm³/mol. The van der Waals surface area contributed by atoms with E-state index in [0.717, 1.165) is 12.8 Å². The highest BCUT2D eigenvalue weighted by Gasteiger charge is 2.63. The third kappa shape index (κ3) is 1.40. The van der Waals surface area contributed by atoms with Crippen LogP contribution in [0.5, 0.6) is 0 Å². The van der Waals surface area contributed by atoms with Crippen molar-refractivity contribution in [3.8, 4) is 0 Å². The molecule has 0 aromatic carbocycles. The molecule has 0 radical (unpaired) electrons. The second-order valence-corrected chi connectivity index (χ2v) is 6.25. The lowest BCUT2D eigenvalue weighted by atomic mass is 9.53. The molecule has 2 aliphatic rings. The molecule has 0 aromatic heterocycles. The highest BCUT2D eigenvalue weighted by atomic mass is 16.4. The molecule has 86 valence electrons. The molecule has 0 saturated heterocycles. The molecule has 2 rings (SSSR count). The van der Waals surface area contributed by atoms with Gasteiger partial charge in [-0.1, -0.05) is 13.8 Å². The molecular formula is C12H21NO2. The highest BCUT2D eigenvalue weighted by molar-refractivity contribution is 5.68. The number of carboxylic acids is 1. The molecule has 2 aliphatic carbocycles. The second kappa shape index (κ2) is 2.97. The van der Waals surface area contributed by atoms with E-state index in [9.17, 15) is 4.79 Å². The highest BCUT2D eigenvalue weighted by Crippen LogP contribution is 2.71. The molecule has 0 bridgehead atoms. The van der Waals surface area contributed by atoms with Crippen molar-refractivity contribution in [1.29, 1.82) is 0 Å². The minimum absolute atomic E-state index is 0.133. The first-order chi connectivity index (χ1) is 6.85. The van der Waals surface area contributed by atoms with E-state index in [2.05, 4.69) is 13.8 Å². The zero-order chi connectivity index (χ0) is 11.3. The largest absolute Gasteiger partial charge is 0.481 e. The molecule has 0 heterocycles. The first-order valence-electron chi connectivity index (χ1n) is 5.77. The summed E-state index contributed by atoms with van der Waals surface area (Å²) < 4.78 is 0. The van der Waals surface area contributed by atoms with Gasteiger partial charge >= 0.3 is 5.97 Å². The first kappa shape index (κ1) is 10.9. The lowest BCUT2D eigenvalue weighted by Crippen LogP contribution is -2.42. The topological polar surface area (TPSA) is 63.3 Å². The van der Waals surface area contributed by atoms with Gasteiger partial charge < -0.3 is 10.8 Å². The fourth-order valence-corrected chi connectivity index (χ4v) is 3.96. The minimum atomic E-state index is -0.700. The van der Waals surface area contributed by atoms with Crippen molar-refractivity contribution in [2.24, 2.45) is 22.0 Å². The van der Waals surface area contributed by atoms with Crippen LogP contribution in [0.4, 0.5) is 0 Å². The van der Waals surface area contributed by atoms with E-state index in [1.54, 1.807) is 0 Å². The van der Waals surface area contributed by atoms with E-state index < -0.39 is 5.97 Å². The fraction of sp³-hybridized carbons (Fsp3) is 0.917. The van der Waals surface area contributed by atoms with Crippen molar-refractivity contribution in [2.75, 3.05) is 6.54 Å². The number of fused-ring (bicyclic) bond motifs is 1. The molecular weight excluding hydrogens is 190 g/mol. The van der Waals surface area contributed by atoms with Crippen LogP contribution in [0.25, 0.3) is 0 Å². The maximum Gasteiger partial charge on any atom is 0.303 e. The minimum Gasteiger partial charge on any atom is -0.481 e. The van der Waals surface area contributed by atoms with Gasteiger partial charge in [0.25, 0.3) is 0 Å². The number of rotatable bonds is 3. The average Bonchev–Trinajstić information content (AvgIpc) is 2.26. The van der Waals surface area contributed by atoms with Gasteiger partial charge in [-0.2, -0.15) is 0 Å². The van der Waals surface area contributed by atoms with Gasteiger partial charge in [-0.05, 0) is 48.5 Å². The Morgan fingerprint density at radius 2 is 1.73 bits per heavy atom. The summed E-state index contributed by atoms with van der Waals surface area (Å²) in [5.41, 5.74) is 6.39. The number of carboxylic acid groups (broad SMARTS) is 1. The Kier molecular flexibility index (Phi) is 2.16. The molecule has 3 N–H and O–H groups in total. The lowest BCUT2D eigenvalue weighted by Gasteiger charge is -2.52. The van der Waals surface area contributed by atoms with Gasteiger partial charge in [0.1, 0.15) is 0 Å². The zero-order valence-electron chi connectivity index (χ0n) is 9.68. The monoisotopic (exact) mass is 211 g/mol. The summed E-state index contributed by atoms with van der Waals surface area (Å²) in [5, 5.41) is 8.98. The summed E-state index contributed by atoms with van der Waals surface area (Å²) in [5.74, 6) is -0.700. The number of nitrogens with two attached hydrogens (primary N) is 1. The standard InChI is InChI=1S/C12H21NO2/c1-10-3-4-11(10,2)7-12(6-10,8-13)5-9(14)15/h3-8,13H2,1-2H3,(H,14,15)/t10-,11+,12?. The number of aliphatic carboxylic acids is 1. The maximum absolute atomic E-state index is 10.9. The Hall–Kier alpha value is -0.570. The summed E-state index contributed by atoms with van der Waals surface area (Å²) >= 11 is 0. The first-order valence-corrected chi connectivity index (χ1v) is 5.77. The number of carbonyl (C=O) groups is 1. The van der Waals surface area contributed by atoms with Crippen molar-refractivity contribution in [2.45, 2.75) is 46.0 Å². The van der Waals surface area contributed by atoms with Gasteiger partial charge in [-0.3, -0.25) is 4.79 Å². The summed E-state index contributed by atoms with van der Waals surface area (Å²) in [7, 11) is 0. The van der Waals surface area contributed by atoms with Gasteiger partial charge in [0, 0.05) is 0 Å². The van der Waals surface area contributed by atoms with Gasteiger partial charge in [0.2, 0.25) is 0 Å². The van der Waals surface area contributed by atoms with E-state index in [1.807, 2.05) is 0 Å². The van der Waals surface area contributed by atoms with Crippen LogP contribution in [-0.4, -0.2) is 17.6 Å². The quantitative estimate of drug-likeness (QED) is 0.750. The predicted octanol–water partition coefficient (Wildman–Crippen LogP) is 2.01. The molecule has 0 aromatic rings. The van der Waals surface area contributed by atoms with Crippen molar-refractivity contribution in [3.05, 3.63) is 0 Å². The van der Waals surface area contributed by atoms with E-state index in [-0.39, 0.29) is 11.8 Å². The fourth-order valence-electron chi connectivity index (χ4n) is 3.96. The normalized spacial score (nSPS) is 48.5. The smallest absolute Gasteiger partial charge is 0.303 e. The molecule has 2 saturated carbocycles. The summed E-state index contributed by atoms with van der Waals surface area (Å²) in [4.78, 5) is 10.9. The summed E-state index contributed by atoms with van der Waals surface area (Å²) in [6.45, 7) is 5.12. The molecule has 3 atom stereocenters. The van der Waals surface area contributed by atoms with Gasteiger partial charge in [0.05, 0.1) is 6.42 Å². The molecule has 0 amide bonds. The van der Waals surface area contributed by atoms with Crippen LogP contribution in [-0.2, 0) is 4.79 Å². The van der Waals surface area contributed by atoms with Crippen molar-refractivity contribution >= 4 is 5.97 Å². The van der Waals surface area contributed by atoms with E-state index >= 15 is 0 Å². The second-order valence-electron chi connectivity index (χ2n) is 6.25. The van der Waals surface area contributed by atoms with E-state index in [4.69, 9.17) is 10.8 Å². The molecule has 3 heteroatoms. The van der Waals surface area contributed by atoms with Crippen LogP contribution in [0.3, 0.4) is 0 Å². The van der Waals surface area contributed by atoms with Crippen LogP contribution in [0.2, 0.25) is 0 Å². The molecule has 15 heavy (non-hydrogen) atoms. The summed E-state index contributed by atoms with van der Waals surface area (Å²) in [6.07, 6.45) is 4.73. The molecule has 3 nitrogen and oxygen atoms in total. The number of hydrogen-bond donors (Lipinski definition) is 2. The molecule has 0 spiro atoms. The third-order valence-electron chi connectivity index (χ3n) is 5.18. The van der Waals surface area contributed by atoms with Crippen LogP contribution >= 0.6 is 0 Å². The Balaban J connectivity index is 2.21. The van der Waals surface area contributed by atoms with Crippen LogP contribution in [0.1, 0.15) is 46.0 Å². The molecule has 0 aliphatic heterocycles. The molecule has 1 unspecified atom stereocenters. The third-order valence-corrected chi connectivity index (χ3v) is 5.18. The van der Waals surface area contributed by atoms with Gasteiger partial charge in [0.15, 0.2) is 0 Å². The Morgan fingerprint density at radius 1 is 1.27 bits per heavy atom.